The monoisotopic (exact) mass is 932 g/mol. The van der Waals surface area contributed by atoms with Crippen molar-refractivity contribution in [3.05, 3.63) is 107 Å². The van der Waals surface area contributed by atoms with Gasteiger partial charge in [-0.25, -0.2) is 4.79 Å². The van der Waals surface area contributed by atoms with Crippen LogP contribution in [0.3, 0.4) is 0 Å². The third kappa shape index (κ3) is 7.02. The predicted octanol–water partition coefficient (Wildman–Crippen LogP) is 5.56. The average Bonchev–Trinajstić information content (AvgIpc) is 4.01. The van der Waals surface area contributed by atoms with Crippen LogP contribution < -0.4 is 9.64 Å². The zero-order valence-corrected chi connectivity index (χ0v) is 40.5. The number of aliphatic hydroxyl groups is 3. The standard InChI is InChI=1S/C54H68N4O10/c1-8-50(63,33-59)30-36-20-23-52(48(61)66-6,44-38(37-18-13-14-19-41(37)55-44)21-26-57(32-36)31-35-16-11-10-12-17-35)40-28-39-42(29-43(40)65-5)56(4)46-53(39)24-27-58-25-15-22-51(9-2,45(53)58)47(68-34(3)60)54(46,64)49(62)67-7/h10-19,22,28-29,36,45-47,55,59,63-64H,8-9,20-21,23-27,30-33H2,1-7H3/t36-,45+,46-,47-,50+,51-,52+,53-,54+/m1/s1. The number of likely N-dealkylation sites (N-methyl/N-ethyl adjacent to an activating group) is 1. The molecule has 3 aromatic carbocycles. The number of rotatable bonds is 12. The lowest BCUT2D eigenvalue weighted by molar-refractivity contribution is -0.228. The second kappa shape index (κ2) is 17.9. The number of aromatic nitrogens is 1. The lowest BCUT2D eigenvalue weighted by Gasteiger charge is -2.63. The third-order valence-corrected chi connectivity index (χ3v) is 17.0. The van der Waals surface area contributed by atoms with Gasteiger partial charge < -0.3 is 44.2 Å². The molecule has 14 heteroatoms. The molecule has 0 amide bonds. The molecule has 0 unspecified atom stereocenters. The van der Waals surface area contributed by atoms with Gasteiger partial charge in [0, 0.05) is 90.9 Å². The fraction of sp³-hybridized carbons (Fsp3) is 0.537. The molecule has 1 aliphatic carbocycles. The molecule has 1 saturated carbocycles. The van der Waals surface area contributed by atoms with Gasteiger partial charge in [0.05, 0.1) is 39.6 Å². The van der Waals surface area contributed by atoms with Gasteiger partial charge >= 0.3 is 17.9 Å². The van der Waals surface area contributed by atoms with Crippen LogP contribution in [0.2, 0.25) is 0 Å². The molecule has 4 aromatic rings. The smallest absolute Gasteiger partial charge is 0.344 e. The highest BCUT2D eigenvalue weighted by Crippen LogP contribution is 2.68. The van der Waals surface area contributed by atoms with Crippen LogP contribution in [-0.2, 0) is 52.4 Å². The van der Waals surface area contributed by atoms with Crippen LogP contribution in [-0.4, -0.2) is 139 Å². The van der Waals surface area contributed by atoms with Gasteiger partial charge in [-0.3, -0.25) is 19.4 Å². The lowest BCUT2D eigenvalue weighted by Crippen LogP contribution is -2.81. The minimum absolute atomic E-state index is 0.172. The van der Waals surface area contributed by atoms with Gasteiger partial charge in [0.15, 0.2) is 6.10 Å². The van der Waals surface area contributed by atoms with Crippen LogP contribution in [0.5, 0.6) is 5.75 Å². The number of benzene rings is 3. The number of nitrogens with one attached hydrogen (secondary N) is 1. The number of para-hydroxylation sites is 1. The number of hydrogen-bond acceptors (Lipinski definition) is 13. The summed E-state index contributed by atoms with van der Waals surface area (Å²) in [6.45, 7) is 7.96. The number of anilines is 1. The first-order valence-corrected chi connectivity index (χ1v) is 24.3. The minimum Gasteiger partial charge on any atom is -0.496 e. The number of nitrogens with zero attached hydrogens (tertiary/aromatic N) is 3. The van der Waals surface area contributed by atoms with Crippen molar-refractivity contribution in [2.75, 3.05) is 66.1 Å². The molecule has 68 heavy (non-hydrogen) atoms. The summed E-state index contributed by atoms with van der Waals surface area (Å²) in [5.41, 5.74) is -1.33. The summed E-state index contributed by atoms with van der Waals surface area (Å²) in [6, 6.07) is 21.1. The van der Waals surface area contributed by atoms with Crippen LogP contribution in [0.25, 0.3) is 10.9 Å². The molecule has 4 N–H and O–H groups in total. The summed E-state index contributed by atoms with van der Waals surface area (Å²) in [5.74, 6) is -1.76. The van der Waals surface area contributed by atoms with E-state index in [-0.39, 0.29) is 18.4 Å². The van der Waals surface area contributed by atoms with Gasteiger partial charge in [0.2, 0.25) is 5.60 Å². The molecule has 0 radical (unpaired) electrons. The molecular formula is C54H68N4O10. The highest BCUT2D eigenvalue weighted by atomic mass is 16.6. The van der Waals surface area contributed by atoms with E-state index in [1.807, 2.05) is 80.4 Å². The summed E-state index contributed by atoms with van der Waals surface area (Å²) in [7, 11) is 6.10. The Kier molecular flexibility index (Phi) is 12.6. The Morgan fingerprint density at radius 1 is 0.926 bits per heavy atom. The molecule has 364 valence electrons. The van der Waals surface area contributed by atoms with Crippen molar-refractivity contribution < 1.29 is 48.7 Å². The second-order valence-corrected chi connectivity index (χ2v) is 20.2. The first-order chi connectivity index (χ1) is 32.7. The van der Waals surface area contributed by atoms with Crippen LogP contribution in [0.1, 0.15) is 87.2 Å². The first-order valence-electron chi connectivity index (χ1n) is 24.3. The van der Waals surface area contributed by atoms with E-state index in [0.717, 1.165) is 27.6 Å². The van der Waals surface area contributed by atoms with Gasteiger partial charge in [0.25, 0.3) is 0 Å². The number of hydrogen-bond donors (Lipinski definition) is 4. The SMILES string of the molecule is CC[C@@](O)(CO)C[C@H]1CC[C@](C(=O)OC)(c2cc3c(cc2OC)N(C)[C@H]2[C@@](O)(C(=O)OC)[C@H](OC(C)=O)[C@]4(CC)C=CCN5CC[C@]32[C@@H]54)c2[nH]c3ccccc3c2CCN(Cc2ccccc2)C1. The van der Waals surface area contributed by atoms with E-state index in [4.69, 9.17) is 18.9 Å². The van der Waals surface area contributed by atoms with Crippen molar-refractivity contribution in [1.82, 2.24) is 14.8 Å². The van der Waals surface area contributed by atoms with Crippen molar-refractivity contribution in [2.24, 2.45) is 11.3 Å². The van der Waals surface area contributed by atoms with Gasteiger partial charge in [0.1, 0.15) is 11.2 Å². The molecule has 1 saturated heterocycles. The highest BCUT2D eigenvalue weighted by Gasteiger charge is 2.80. The van der Waals surface area contributed by atoms with E-state index in [0.29, 0.717) is 93.9 Å². The molecular weight excluding hydrogens is 865 g/mol. The molecule has 5 heterocycles. The number of aromatic amines is 1. The molecule has 14 nitrogen and oxygen atoms in total. The number of esters is 3. The number of carbonyl (C=O) groups is 3. The van der Waals surface area contributed by atoms with Gasteiger partial charge in [-0.05, 0) is 86.2 Å². The zero-order valence-electron chi connectivity index (χ0n) is 40.5. The Bertz CT molecular complexity index is 2590. The number of aliphatic hydroxyl groups excluding tert-OH is 1. The Labute approximate surface area is 399 Å². The van der Waals surface area contributed by atoms with Crippen molar-refractivity contribution in [3.8, 4) is 5.75 Å². The normalized spacial score (nSPS) is 30.9. The zero-order chi connectivity index (χ0) is 48.4. The summed E-state index contributed by atoms with van der Waals surface area (Å²) >= 11 is 0. The Balaban J connectivity index is 1.31. The fourth-order valence-electron chi connectivity index (χ4n) is 14.0. The Morgan fingerprint density at radius 3 is 2.34 bits per heavy atom. The first kappa shape index (κ1) is 47.8. The van der Waals surface area contributed by atoms with Crippen molar-refractivity contribution in [3.63, 3.8) is 0 Å². The maximum atomic E-state index is 15.6. The lowest BCUT2D eigenvalue weighted by atomic mass is 9.47. The molecule has 2 fully saturated rings. The summed E-state index contributed by atoms with van der Waals surface area (Å²) in [6.07, 6.45) is 5.70. The van der Waals surface area contributed by atoms with Crippen molar-refractivity contribution in [1.29, 1.82) is 0 Å². The van der Waals surface area contributed by atoms with E-state index in [1.54, 1.807) is 7.11 Å². The number of methoxy groups -OCH3 is 3. The number of fused-ring (bicyclic) bond motifs is 4. The van der Waals surface area contributed by atoms with Crippen LogP contribution in [0.15, 0.2) is 78.9 Å². The van der Waals surface area contributed by atoms with Crippen LogP contribution in [0, 0.1) is 11.3 Å². The molecule has 9 atom stereocenters. The van der Waals surface area contributed by atoms with Crippen LogP contribution in [0.4, 0.5) is 5.69 Å². The van der Waals surface area contributed by atoms with E-state index < -0.39 is 64.1 Å². The molecule has 4 aliphatic heterocycles. The van der Waals surface area contributed by atoms with Gasteiger partial charge in [-0.1, -0.05) is 74.5 Å². The predicted molar refractivity (Wildman–Crippen MR) is 257 cm³/mol. The van der Waals surface area contributed by atoms with Gasteiger partial charge in [-0.2, -0.15) is 0 Å². The van der Waals surface area contributed by atoms with Gasteiger partial charge in [-0.15, -0.1) is 0 Å². The molecule has 5 aliphatic rings. The molecule has 1 spiro atoms. The average molecular weight is 933 g/mol. The minimum atomic E-state index is -2.34. The van der Waals surface area contributed by atoms with Crippen molar-refractivity contribution in [2.45, 2.75) is 112 Å². The maximum Gasteiger partial charge on any atom is 0.344 e. The fourth-order valence-corrected chi connectivity index (χ4v) is 14.0. The van der Waals surface area contributed by atoms with Crippen molar-refractivity contribution >= 4 is 34.5 Å². The largest absolute Gasteiger partial charge is 0.496 e. The summed E-state index contributed by atoms with van der Waals surface area (Å²) in [5, 5.41) is 36.9. The quantitative estimate of drug-likeness (QED) is 0.0791. The Morgan fingerprint density at radius 2 is 1.66 bits per heavy atom. The van der Waals surface area contributed by atoms with E-state index in [1.165, 1.54) is 21.1 Å². The van der Waals surface area contributed by atoms with E-state index in [9.17, 15) is 24.9 Å². The molecule has 1 aromatic heterocycles. The van der Waals surface area contributed by atoms with E-state index in [2.05, 4.69) is 39.0 Å². The molecule has 0 bridgehead atoms. The topological polar surface area (TPSA) is 174 Å². The third-order valence-electron chi connectivity index (χ3n) is 17.0. The van der Waals surface area contributed by atoms with E-state index >= 15 is 4.79 Å². The number of carbonyl (C=O) groups excluding carboxylic acids is 3. The second-order valence-electron chi connectivity index (χ2n) is 20.2. The number of H-pyrrole nitrogens is 1. The molecule has 9 rings (SSSR count). The number of ether oxygens (including phenoxy) is 4. The summed E-state index contributed by atoms with van der Waals surface area (Å²) in [4.78, 5) is 53.8. The Hall–Kier alpha value is -5.25. The maximum absolute atomic E-state index is 15.6. The highest BCUT2D eigenvalue weighted by molar-refractivity contribution is 5.95. The summed E-state index contributed by atoms with van der Waals surface area (Å²) < 4.78 is 24.1. The van der Waals surface area contributed by atoms with Crippen LogP contribution >= 0.6 is 0 Å².